The van der Waals surface area contributed by atoms with Crippen molar-refractivity contribution in [3.05, 3.63) is 23.8 Å². The summed E-state index contributed by atoms with van der Waals surface area (Å²) in [6.45, 7) is 3.00. The van der Waals surface area contributed by atoms with Gasteiger partial charge in [0.1, 0.15) is 0 Å². The van der Waals surface area contributed by atoms with E-state index in [1.165, 1.54) is 25.7 Å². The van der Waals surface area contributed by atoms with Gasteiger partial charge in [-0.25, -0.2) is 0 Å². The standard InChI is InChI=1S/C17H25NO2/c1-11(15-9-12-6-7-13(15)8-12)18-10-14-4-3-5-16(20-2)17(14)19/h3-5,11-13,15,18-19H,6-10H2,1-2H3. The second-order valence-corrected chi connectivity index (χ2v) is 6.48. The number of ether oxygens (including phenoxy) is 1. The average molecular weight is 275 g/mol. The molecule has 110 valence electrons. The van der Waals surface area contributed by atoms with Gasteiger partial charge < -0.3 is 15.2 Å². The molecule has 2 bridgehead atoms. The molecule has 0 aliphatic heterocycles. The van der Waals surface area contributed by atoms with Crippen molar-refractivity contribution in [1.29, 1.82) is 0 Å². The van der Waals surface area contributed by atoms with Crippen molar-refractivity contribution >= 4 is 0 Å². The quantitative estimate of drug-likeness (QED) is 0.866. The minimum absolute atomic E-state index is 0.266. The Kier molecular flexibility index (Phi) is 3.88. The third-order valence-corrected chi connectivity index (χ3v) is 5.35. The van der Waals surface area contributed by atoms with E-state index in [9.17, 15) is 5.11 Å². The Labute approximate surface area is 121 Å². The third-order valence-electron chi connectivity index (χ3n) is 5.35. The van der Waals surface area contributed by atoms with Gasteiger partial charge in [0.2, 0.25) is 0 Å². The van der Waals surface area contributed by atoms with E-state index >= 15 is 0 Å². The lowest BCUT2D eigenvalue weighted by molar-refractivity contribution is 0.258. The summed E-state index contributed by atoms with van der Waals surface area (Å²) in [5.74, 6) is 3.56. The Morgan fingerprint density at radius 1 is 1.35 bits per heavy atom. The van der Waals surface area contributed by atoms with Gasteiger partial charge in [-0.2, -0.15) is 0 Å². The van der Waals surface area contributed by atoms with Gasteiger partial charge in [-0.3, -0.25) is 0 Å². The van der Waals surface area contributed by atoms with E-state index in [1.54, 1.807) is 13.2 Å². The summed E-state index contributed by atoms with van der Waals surface area (Å²) in [7, 11) is 1.59. The first-order valence-electron chi connectivity index (χ1n) is 7.77. The SMILES string of the molecule is COc1cccc(CNC(C)C2CC3CCC2C3)c1O. The van der Waals surface area contributed by atoms with E-state index in [4.69, 9.17) is 4.74 Å². The second-order valence-electron chi connectivity index (χ2n) is 6.48. The topological polar surface area (TPSA) is 41.5 Å². The van der Waals surface area contributed by atoms with Crippen LogP contribution >= 0.6 is 0 Å². The van der Waals surface area contributed by atoms with E-state index in [2.05, 4.69) is 12.2 Å². The first kappa shape index (κ1) is 13.7. The summed E-state index contributed by atoms with van der Waals surface area (Å²) in [6, 6.07) is 6.20. The zero-order chi connectivity index (χ0) is 14.1. The summed E-state index contributed by atoms with van der Waals surface area (Å²) >= 11 is 0. The van der Waals surface area contributed by atoms with Crippen LogP contribution in [0.3, 0.4) is 0 Å². The maximum Gasteiger partial charge on any atom is 0.162 e. The van der Waals surface area contributed by atoms with Crippen molar-refractivity contribution in [3.63, 3.8) is 0 Å². The van der Waals surface area contributed by atoms with Crippen LogP contribution in [0.1, 0.15) is 38.2 Å². The first-order chi connectivity index (χ1) is 9.69. The number of para-hydroxylation sites is 1. The van der Waals surface area contributed by atoms with Crippen molar-refractivity contribution in [1.82, 2.24) is 5.32 Å². The van der Waals surface area contributed by atoms with Gasteiger partial charge in [-0.1, -0.05) is 18.6 Å². The minimum atomic E-state index is 0.266. The van der Waals surface area contributed by atoms with Crippen LogP contribution in [-0.4, -0.2) is 18.3 Å². The van der Waals surface area contributed by atoms with Crippen molar-refractivity contribution < 1.29 is 9.84 Å². The van der Waals surface area contributed by atoms with E-state index in [0.29, 0.717) is 18.3 Å². The maximum absolute atomic E-state index is 10.1. The smallest absolute Gasteiger partial charge is 0.162 e. The molecule has 4 unspecified atom stereocenters. The van der Waals surface area contributed by atoms with E-state index in [-0.39, 0.29) is 5.75 Å². The average Bonchev–Trinajstić information content (AvgIpc) is 3.08. The van der Waals surface area contributed by atoms with Gasteiger partial charge in [0, 0.05) is 18.2 Å². The number of phenolic OH excluding ortho intramolecular Hbond substituents is 1. The number of rotatable bonds is 5. The first-order valence-corrected chi connectivity index (χ1v) is 7.77. The lowest BCUT2D eigenvalue weighted by Crippen LogP contribution is -2.35. The number of methoxy groups -OCH3 is 1. The van der Waals surface area contributed by atoms with Crippen LogP contribution in [0.4, 0.5) is 0 Å². The van der Waals surface area contributed by atoms with Crippen LogP contribution in [-0.2, 0) is 6.54 Å². The Balaban J connectivity index is 1.59. The number of hydrogen-bond donors (Lipinski definition) is 2. The van der Waals surface area contributed by atoms with E-state index < -0.39 is 0 Å². The predicted molar refractivity (Wildman–Crippen MR) is 79.9 cm³/mol. The van der Waals surface area contributed by atoms with E-state index in [1.807, 2.05) is 12.1 Å². The van der Waals surface area contributed by atoms with Gasteiger partial charge in [-0.15, -0.1) is 0 Å². The molecule has 1 aromatic carbocycles. The van der Waals surface area contributed by atoms with Gasteiger partial charge in [-0.05, 0) is 50.0 Å². The molecule has 2 aliphatic carbocycles. The number of nitrogens with one attached hydrogen (secondary N) is 1. The maximum atomic E-state index is 10.1. The normalized spacial score (nSPS) is 29.6. The van der Waals surface area contributed by atoms with Crippen LogP contribution in [0.15, 0.2) is 18.2 Å². The van der Waals surface area contributed by atoms with Crippen LogP contribution in [0.5, 0.6) is 11.5 Å². The molecule has 1 aromatic rings. The highest BCUT2D eigenvalue weighted by Gasteiger charge is 2.41. The Morgan fingerprint density at radius 3 is 2.85 bits per heavy atom. The monoisotopic (exact) mass is 275 g/mol. The molecule has 0 radical (unpaired) electrons. The second kappa shape index (κ2) is 5.65. The zero-order valence-corrected chi connectivity index (χ0v) is 12.4. The van der Waals surface area contributed by atoms with Gasteiger partial charge >= 0.3 is 0 Å². The van der Waals surface area contributed by atoms with Crippen LogP contribution in [0, 0.1) is 17.8 Å². The molecule has 20 heavy (non-hydrogen) atoms. The molecule has 2 N–H and O–H groups in total. The summed E-state index contributed by atoms with van der Waals surface area (Å²) in [5.41, 5.74) is 0.916. The Morgan fingerprint density at radius 2 is 2.20 bits per heavy atom. The lowest BCUT2D eigenvalue weighted by atomic mass is 9.84. The van der Waals surface area contributed by atoms with Crippen molar-refractivity contribution in [2.75, 3.05) is 7.11 Å². The van der Waals surface area contributed by atoms with Crippen LogP contribution in [0.25, 0.3) is 0 Å². The number of hydrogen-bond acceptors (Lipinski definition) is 3. The molecule has 2 aliphatic rings. The fraction of sp³-hybridized carbons (Fsp3) is 0.647. The molecule has 2 saturated carbocycles. The third kappa shape index (κ3) is 2.51. The number of aromatic hydroxyl groups is 1. The summed E-state index contributed by atoms with van der Waals surface area (Å²) in [4.78, 5) is 0. The highest BCUT2D eigenvalue weighted by molar-refractivity contribution is 5.45. The van der Waals surface area contributed by atoms with E-state index in [0.717, 1.165) is 23.3 Å². The molecule has 3 heteroatoms. The van der Waals surface area contributed by atoms with Crippen molar-refractivity contribution in [3.8, 4) is 11.5 Å². The van der Waals surface area contributed by atoms with Crippen molar-refractivity contribution in [2.45, 2.75) is 45.2 Å². The molecule has 0 amide bonds. The van der Waals surface area contributed by atoms with Gasteiger partial charge in [0.25, 0.3) is 0 Å². The molecule has 4 atom stereocenters. The molecule has 0 heterocycles. The molecule has 3 rings (SSSR count). The molecular weight excluding hydrogens is 250 g/mol. The summed E-state index contributed by atoms with van der Waals surface area (Å²) in [5, 5.41) is 13.7. The van der Waals surface area contributed by atoms with Gasteiger partial charge in [0.05, 0.1) is 7.11 Å². The minimum Gasteiger partial charge on any atom is -0.504 e. The number of phenols is 1. The predicted octanol–water partition coefficient (Wildman–Crippen LogP) is 3.32. The zero-order valence-electron chi connectivity index (χ0n) is 12.4. The molecule has 0 saturated heterocycles. The Hall–Kier alpha value is -1.22. The number of fused-ring (bicyclic) bond motifs is 2. The molecular formula is C17H25NO2. The highest BCUT2D eigenvalue weighted by atomic mass is 16.5. The summed E-state index contributed by atoms with van der Waals surface area (Å²) < 4.78 is 5.15. The highest BCUT2D eigenvalue weighted by Crippen LogP contribution is 2.49. The van der Waals surface area contributed by atoms with Gasteiger partial charge in [0.15, 0.2) is 11.5 Å². The number of benzene rings is 1. The lowest BCUT2D eigenvalue weighted by Gasteiger charge is -2.28. The molecule has 0 spiro atoms. The fourth-order valence-electron chi connectivity index (χ4n) is 4.20. The fourth-order valence-corrected chi connectivity index (χ4v) is 4.20. The molecule has 3 nitrogen and oxygen atoms in total. The Bertz CT molecular complexity index is 474. The van der Waals surface area contributed by atoms with Crippen LogP contribution < -0.4 is 10.1 Å². The largest absolute Gasteiger partial charge is 0.504 e. The van der Waals surface area contributed by atoms with Crippen LogP contribution in [0.2, 0.25) is 0 Å². The summed E-state index contributed by atoms with van der Waals surface area (Å²) in [6.07, 6.45) is 5.71. The molecule has 0 aromatic heterocycles. The molecule has 2 fully saturated rings. The van der Waals surface area contributed by atoms with Crippen molar-refractivity contribution in [2.24, 2.45) is 17.8 Å².